The van der Waals surface area contributed by atoms with Crippen molar-refractivity contribution in [2.45, 2.75) is 31.3 Å². The van der Waals surface area contributed by atoms with Crippen LogP contribution in [0.2, 0.25) is 0 Å². The Balaban J connectivity index is 1.91. The van der Waals surface area contributed by atoms with Gasteiger partial charge in [-0.15, -0.1) is 0 Å². The number of hydrogen-bond donors (Lipinski definition) is 4. The van der Waals surface area contributed by atoms with Gasteiger partial charge in [-0.1, -0.05) is 0 Å². The number of aliphatic hydroxyl groups is 2. The average Bonchev–Trinajstić information content (AvgIpc) is 2.79. The molecule has 1 aromatic heterocycles. The minimum Gasteiger partial charge on any atom is -0.394 e. The van der Waals surface area contributed by atoms with Crippen molar-refractivity contribution in [2.75, 3.05) is 18.6 Å². The van der Waals surface area contributed by atoms with E-state index in [1.807, 2.05) is 0 Å². The number of hydrazine groups is 1. The second kappa shape index (κ2) is 4.89. The van der Waals surface area contributed by atoms with Gasteiger partial charge in [-0.25, -0.2) is 10.2 Å². The van der Waals surface area contributed by atoms with E-state index in [4.69, 9.17) is 9.84 Å². The summed E-state index contributed by atoms with van der Waals surface area (Å²) in [5, 5.41) is 18.8. The van der Waals surface area contributed by atoms with Crippen LogP contribution in [0.1, 0.15) is 18.2 Å². The number of nitrogens with zero attached hydrogens (tertiary/aromatic N) is 2. The summed E-state index contributed by atoms with van der Waals surface area (Å²) in [6, 6.07) is 0. The third-order valence-electron chi connectivity index (χ3n) is 3.45. The highest BCUT2D eigenvalue weighted by atomic mass is 16.5. The van der Waals surface area contributed by atoms with Crippen molar-refractivity contribution >= 4 is 5.82 Å². The number of aliphatic hydroxyl groups excluding tert-OH is 2. The predicted octanol–water partition coefficient (Wildman–Crippen LogP) is -1.64. The third kappa shape index (κ3) is 2.23. The quantitative estimate of drug-likeness (QED) is 0.509. The van der Waals surface area contributed by atoms with E-state index in [9.17, 15) is 9.90 Å². The Morgan fingerprint density at radius 3 is 3.16 bits per heavy atom. The first-order valence-corrected chi connectivity index (χ1v) is 6.24. The van der Waals surface area contributed by atoms with Crippen LogP contribution in [-0.4, -0.2) is 45.1 Å². The summed E-state index contributed by atoms with van der Waals surface area (Å²) >= 11 is 0. The van der Waals surface area contributed by atoms with Crippen LogP contribution in [0.15, 0.2) is 11.0 Å². The first kappa shape index (κ1) is 12.5. The van der Waals surface area contributed by atoms with E-state index in [2.05, 4.69) is 15.8 Å². The molecule has 0 aromatic carbocycles. The predicted molar refractivity (Wildman–Crippen MR) is 65.4 cm³/mol. The Kier molecular flexibility index (Phi) is 3.23. The molecule has 0 bridgehead atoms. The van der Waals surface area contributed by atoms with Gasteiger partial charge < -0.3 is 20.4 Å². The number of hydrogen-bond acceptors (Lipinski definition) is 7. The van der Waals surface area contributed by atoms with Crippen LogP contribution in [0.25, 0.3) is 0 Å². The lowest BCUT2D eigenvalue weighted by molar-refractivity contribution is -0.0459. The third-order valence-corrected chi connectivity index (χ3v) is 3.45. The molecule has 1 aromatic rings. The number of fused-ring (bicyclic) bond motifs is 1. The minimum atomic E-state index is -0.766. The Morgan fingerprint density at radius 2 is 2.42 bits per heavy atom. The van der Waals surface area contributed by atoms with Gasteiger partial charge in [0, 0.05) is 24.7 Å². The number of nitrogens with one attached hydrogen (secondary N) is 2. The van der Waals surface area contributed by atoms with Crippen molar-refractivity contribution in [1.29, 1.82) is 0 Å². The van der Waals surface area contributed by atoms with Crippen molar-refractivity contribution < 1.29 is 14.9 Å². The van der Waals surface area contributed by atoms with Gasteiger partial charge in [0.05, 0.1) is 12.7 Å². The number of rotatable bonds is 2. The molecule has 1 fully saturated rings. The summed E-state index contributed by atoms with van der Waals surface area (Å²) in [5.41, 5.74) is 6.24. The van der Waals surface area contributed by atoms with Crippen molar-refractivity contribution in [3.8, 4) is 0 Å². The van der Waals surface area contributed by atoms with Gasteiger partial charge in [0.15, 0.2) is 5.82 Å². The Morgan fingerprint density at radius 1 is 1.58 bits per heavy atom. The molecule has 19 heavy (non-hydrogen) atoms. The summed E-state index contributed by atoms with van der Waals surface area (Å²) < 4.78 is 6.85. The second-order valence-electron chi connectivity index (χ2n) is 4.72. The number of aromatic nitrogens is 2. The summed E-state index contributed by atoms with van der Waals surface area (Å²) in [6.45, 7) is 0.483. The van der Waals surface area contributed by atoms with Gasteiger partial charge in [0.25, 0.3) is 0 Å². The van der Waals surface area contributed by atoms with Crippen molar-refractivity contribution in [1.82, 2.24) is 15.0 Å². The molecule has 0 saturated carbocycles. The van der Waals surface area contributed by atoms with E-state index >= 15 is 0 Å². The molecule has 8 nitrogen and oxygen atoms in total. The van der Waals surface area contributed by atoms with Crippen molar-refractivity contribution in [3.05, 3.63) is 22.2 Å². The molecule has 1 saturated heterocycles. The molecule has 4 N–H and O–H groups in total. The van der Waals surface area contributed by atoms with E-state index < -0.39 is 24.1 Å². The molecule has 3 heterocycles. The maximum Gasteiger partial charge on any atom is 0.351 e. The van der Waals surface area contributed by atoms with Crippen molar-refractivity contribution in [2.24, 2.45) is 0 Å². The summed E-state index contributed by atoms with van der Waals surface area (Å²) in [6.07, 6.45) is 0.749. The van der Waals surface area contributed by atoms with E-state index in [0.29, 0.717) is 5.82 Å². The average molecular weight is 268 g/mol. The number of ether oxygens (including phenoxy) is 1. The fraction of sp³-hybridized carbons (Fsp3) is 0.636. The molecular formula is C11H16N4O4. The van der Waals surface area contributed by atoms with Crippen LogP contribution in [0.5, 0.6) is 0 Å². The van der Waals surface area contributed by atoms with E-state index in [1.165, 1.54) is 4.57 Å². The molecule has 104 valence electrons. The molecule has 3 atom stereocenters. The zero-order chi connectivity index (χ0) is 13.4. The molecule has 0 amide bonds. The Bertz CT molecular complexity index is 532. The summed E-state index contributed by atoms with van der Waals surface area (Å²) in [4.78, 5) is 15.9. The molecule has 0 spiro atoms. The van der Waals surface area contributed by atoms with Crippen LogP contribution in [0.3, 0.4) is 0 Å². The lowest BCUT2D eigenvalue weighted by atomic mass is 10.2. The molecule has 8 heteroatoms. The highest BCUT2D eigenvalue weighted by molar-refractivity contribution is 5.43. The van der Waals surface area contributed by atoms with Crippen LogP contribution in [-0.2, 0) is 11.2 Å². The lowest BCUT2D eigenvalue weighted by Gasteiger charge is -2.21. The maximum atomic E-state index is 11.9. The van der Waals surface area contributed by atoms with Gasteiger partial charge in [-0.05, 0) is 6.42 Å². The Labute approximate surface area is 109 Å². The minimum absolute atomic E-state index is 0.268. The highest BCUT2D eigenvalue weighted by Crippen LogP contribution is 2.28. The smallest absolute Gasteiger partial charge is 0.351 e. The topological polar surface area (TPSA) is 109 Å². The monoisotopic (exact) mass is 268 g/mol. The molecule has 3 rings (SSSR count). The van der Waals surface area contributed by atoms with Gasteiger partial charge >= 0.3 is 5.69 Å². The van der Waals surface area contributed by atoms with Gasteiger partial charge in [0.1, 0.15) is 12.3 Å². The zero-order valence-electron chi connectivity index (χ0n) is 10.2. The van der Waals surface area contributed by atoms with Gasteiger partial charge in [-0.3, -0.25) is 4.57 Å². The first-order valence-electron chi connectivity index (χ1n) is 6.24. The summed E-state index contributed by atoms with van der Waals surface area (Å²) in [7, 11) is 0. The molecule has 0 radical (unpaired) electrons. The first-order chi connectivity index (χ1) is 9.19. The molecule has 1 unspecified atom stereocenters. The normalized spacial score (nSPS) is 29.9. The number of anilines is 1. The highest BCUT2D eigenvalue weighted by Gasteiger charge is 2.35. The van der Waals surface area contributed by atoms with Crippen LogP contribution in [0.4, 0.5) is 5.82 Å². The molecular weight excluding hydrogens is 252 g/mol. The van der Waals surface area contributed by atoms with Gasteiger partial charge in [0.2, 0.25) is 0 Å². The van der Waals surface area contributed by atoms with E-state index in [1.54, 1.807) is 6.20 Å². The fourth-order valence-electron chi connectivity index (χ4n) is 2.40. The standard InChI is InChI=1S/C11H16N4O4/c16-5-8-7(17)3-9(19-8)15-4-6-1-2-12-14-10(6)13-11(15)18/h4,7-9,12,16-17H,1-3,5H2,(H,13,14,18)/t7-,8+,9?/m0/s1. The van der Waals surface area contributed by atoms with Crippen molar-refractivity contribution in [3.63, 3.8) is 0 Å². The fourth-order valence-corrected chi connectivity index (χ4v) is 2.40. The largest absolute Gasteiger partial charge is 0.394 e. The molecule has 2 aliphatic rings. The van der Waals surface area contributed by atoms with E-state index in [-0.39, 0.29) is 13.0 Å². The van der Waals surface area contributed by atoms with Crippen LogP contribution >= 0.6 is 0 Å². The maximum absolute atomic E-state index is 11.9. The second-order valence-corrected chi connectivity index (χ2v) is 4.72. The zero-order valence-corrected chi connectivity index (χ0v) is 10.2. The van der Waals surface area contributed by atoms with E-state index in [0.717, 1.165) is 18.5 Å². The molecule has 2 aliphatic heterocycles. The van der Waals surface area contributed by atoms with Crippen LogP contribution in [0, 0.1) is 0 Å². The van der Waals surface area contributed by atoms with Gasteiger partial charge in [-0.2, -0.15) is 4.98 Å². The lowest BCUT2D eigenvalue weighted by Crippen LogP contribution is -2.36. The SMILES string of the molecule is O=c1nc2c(cn1C1C[C@H](O)[C@@H](CO)O1)CCNN2. The van der Waals surface area contributed by atoms with Crippen LogP contribution < -0.4 is 16.5 Å². The summed E-state index contributed by atoms with van der Waals surface area (Å²) in [5.74, 6) is 0.532. The molecule has 0 aliphatic carbocycles. The Hall–Kier alpha value is -1.48.